The normalized spacial score (nSPS) is 20.3. The van der Waals surface area contributed by atoms with E-state index < -0.39 is 10.0 Å². The number of hydrogen-bond acceptors (Lipinski definition) is 3. The third-order valence-electron chi connectivity index (χ3n) is 4.51. The van der Waals surface area contributed by atoms with E-state index in [0.29, 0.717) is 11.4 Å². The molecule has 5 heteroatoms. The van der Waals surface area contributed by atoms with Gasteiger partial charge in [0.2, 0.25) is 10.0 Å². The van der Waals surface area contributed by atoms with E-state index in [0.717, 1.165) is 41.7 Å². The van der Waals surface area contributed by atoms with Crippen LogP contribution in [0.15, 0.2) is 40.6 Å². The maximum atomic E-state index is 13.3. The Morgan fingerprint density at radius 3 is 2.70 bits per heavy atom. The molecule has 0 bridgehead atoms. The van der Waals surface area contributed by atoms with E-state index in [4.69, 9.17) is 0 Å². The summed E-state index contributed by atoms with van der Waals surface area (Å²) in [5.74, 6) is 0. The molecule has 23 heavy (non-hydrogen) atoms. The zero-order valence-corrected chi connectivity index (χ0v) is 15.3. The topological polar surface area (TPSA) is 37.4 Å². The van der Waals surface area contributed by atoms with Gasteiger partial charge in [-0.1, -0.05) is 31.0 Å². The molecule has 3 rings (SSSR count). The Labute approximate surface area is 143 Å². The molecule has 124 valence electrons. The molecule has 1 aliphatic heterocycles. The average molecular weight is 350 g/mol. The van der Waals surface area contributed by atoms with Gasteiger partial charge in [-0.05, 0) is 55.3 Å². The fraction of sp³-hybridized carbons (Fsp3) is 0.444. The predicted octanol–water partition coefficient (Wildman–Crippen LogP) is 4.67. The fourth-order valence-electron chi connectivity index (χ4n) is 3.25. The van der Waals surface area contributed by atoms with Crippen LogP contribution in [0, 0.1) is 13.8 Å². The zero-order chi connectivity index (χ0) is 16.4. The van der Waals surface area contributed by atoms with Crippen molar-refractivity contribution in [2.45, 2.75) is 50.5 Å². The molecule has 0 spiro atoms. The summed E-state index contributed by atoms with van der Waals surface area (Å²) in [5.41, 5.74) is 1.81. The lowest BCUT2D eigenvalue weighted by molar-refractivity contribution is 0.333. The Balaban J connectivity index is 2.06. The van der Waals surface area contributed by atoms with Crippen LogP contribution in [-0.4, -0.2) is 19.3 Å². The van der Waals surface area contributed by atoms with Crippen molar-refractivity contribution in [1.29, 1.82) is 0 Å². The Hall–Kier alpha value is -1.17. The third-order valence-corrected chi connectivity index (χ3v) is 7.53. The maximum Gasteiger partial charge on any atom is 0.243 e. The zero-order valence-electron chi connectivity index (χ0n) is 13.7. The number of aryl methyl sites for hydroxylation is 2. The monoisotopic (exact) mass is 349 g/mol. The molecular weight excluding hydrogens is 326 g/mol. The molecule has 1 atom stereocenters. The van der Waals surface area contributed by atoms with Gasteiger partial charge in [-0.3, -0.25) is 0 Å². The van der Waals surface area contributed by atoms with Gasteiger partial charge in [0, 0.05) is 11.4 Å². The molecule has 0 unspecified atom stereocenters. The summed E-state index contributed by atoms with van der Waals surface area (Å²) in [6, 6.07) is 9.72. The second kappa shape index (κ2) is 6.75. The second-order valence-electron chi connectivity index (χ2n) is 6.27. The molecular formula is C18H23NO2S2. The van der Waals surface area contributed by atoms with Crippen molar-refractivity contribution in [3.63, 3.8) is 0 Å². The summed E-state index contributed by atoms with van der Waals surface area (Å²) >= 11 is 1.65. The van der Waals surface area contributed by atoms with Crippen LogP contribution >= 0.6 is 11.3 Å². The van der Waals surface area contributed by atoms with Crippen LogP contribution in [0.4, 0.5) is 0 Å². The van der Waals surface area contributed by atoms with E-state index >= 15 is 0 Å². The van der Waals surface area contributed by atoms with Crippen LogP contribution in [0.5, 0.6) is 0 Å². The largest absolute Gasteiger partial charge is 0.243 e. The highest BCUT2D eigenvalue weighted by Crippen LogP contribution is 2.37. The summed E-state index contributed by atoms with van der Waals surface area (Å²) in [6.45, 7) is 4.43. The summed E-state index contributed by atoms with van der Waals surface area (Å²) in [5, 5.41) is 2.03. The van der Waals surface area contributed by atoms with Gasteiger partial charge in [0.05, 0.1) is 10.9 Å². The second-order valence-corrected chi connectivity index (χ2v) is 9.10. The van der Waals surface area contributed by atoms with Crippen molar-refractivity contribution in [3.05, 3.63) is 51.7 Å². The van der Waals surface area contributed by atoms with E-state index in [1.807, 2.05) is 37.4 Å². The highest BCUT2D eigenvalue weighted by Gasteiger charge is 2.34. The standard InChI is InChI=1S/C18H23NO2S2/c1-14-9-10-15(2)18(13-14)23(20,21)19-11-5-3-4-7-16(19)17-8-6-12-22-17/h6,8-10,12-13,16H,3-5,7,11H2,1-2H3/t16-/m0/s1. The Morgan fingerprint density at radius 1 is 1.13 bits per heavy atom. The van der Waals surface area contributed by atoms with Crippen molar-refractivity contribution < 1.29 is 8.42 Å². The SMILES string of the molecule is Cc1ccc(C)c(S(=O)(=O)N2CCCCC[C@H]2c2cccs2)c1. The number of hydrogen-bond donors (Lipinski definition) is 0. The van der Waals surface area contributed by atoms with E-state index in [1.165, 1.54) is 0 Å². The smallest absolute Gasteiger partial charge is 0.207 e. The summed E-state index contributed by atoms with van der Waals surface area (Å²) in [6.07, 6.45) is 4.03. The van der Waals surface area contributed by atoms with Crippen molar-refractivity contribution in [2.24, 2.45) is 0 Å². The first-order chi connectivity index (χ1) is 11.0. The van der Waals surface area contributed by atoms with E-state index in [2.05, 4.69) is 6.07 Å². The summed E-state index contributed by atoms with van der Waals surface area (Å²) < 4.78 is 28.4. The summed E-state index contributed by atoms with van der Waals surface area (Å²) in [4.78, 5) is 1.61. The molecule has 2 heterocycles. The molecule has 1 aromatic carbocycles. The van der Waals surface area contributed by atoms with Gasteiger partial charge in [0.15, 0.2) is 0 Å². The van der Waals surface area contributed by atoms with Crippen LogP contribution < -0.4 is 0 Å². The first-order valence-corrected chi connectivity index (χ1v) is 10.4. The van der Waals surface area contributed by atoms with Gasteiger partial charge in [0.1, 0.15) is 0 Å². The van der Waals surface area contributed by atoms with Crippen LogP contribution in [0.2, 0.25) is 0 Å². The van der Waals surface area contributed by atoms with Crippen molar-refractivity contribution in [3.8, 4) is 0 Å². The average Bonchev–Trinajstić information content (AvgIpc) is 2.93. The lowest BCUT2D eigenvalue weighted by Crippen LogP contribution is -2.35. The van der Waals surface area contributed by atoms with Gasteiger partial charge in [-0.15, -0.1) is 11.3 Å². The quantitative estimate of drug-likeness (QED) is 0.807. The molecule has 3 nitrogen and oxygen atoms in total. The fourth-order valence-corrected chi connectivity index (χ4v) is 6.17. The first kappa shape index (κ1) is 16.7. The van der Waals surface area contributed by atoms with E-state index in [1.54, 1.807) is 21.7 Å². The molecule has 1 saturated heterocycles. The Kier molecular flexibility index (Phi) is 4.90. The molecule has 1 aliphatic rings. The Morgan fingerprint density at radius 2 is 1.96 bits per heavy atom. The number of benzene rings is 1. The van der Waals surface area contributed by atoms with Gasteiger partial charge in [-0.2, -0.15) is 4.31 Å². The number of nitrogens with zero attached hydrogens (tertiary/aromatic N) is 1. The van der Waals surface area contributed by atoms with Crippen molar-refractivity contribution in [1.82, 2.24) is 4.31 Å². The molecule has 0 aliphatic carbocycles. The maximum absolute atomic E-state index is 13.3. The van der Waals surface area contributed by atoms with Gasteiger partial charge in [0.25, 0.3) is 0 Å². The first-order valence-electron chi connectivity index (χ1n) is 8.12. The molecule has 0 radical (unpaired) electrons. The number of rotatable bonds is 3. The predicted molar refractivity (Wildman–Crippen MR) is 95.3 cm³/mol. The van der Waals surface area contributed by atoms with Gasteiger partial charge >= 0.3 is 0 Å². The highest BCUT2D eigenvalue weighted by atomic mass is 32.2. The van der Waals surface area contributed by atoms with E-state index in [-0.39, 0.29) is 6.04 Å². The van der Waals surface area contributed by atoms with Crippen LogP contribution in [0.1, 0.15) is 47.7 Å². The van der Waals surface area contributed by atoms with Crippen molar-refractivity contribution >= 4 is 21.4 Å². The van der Waals surface area contributed by atoms with Crippen LogP contribution in [0.3, 0.4) is 0 Å². The molecule has 0 amide bonds. The molecule has 0 saturated carbocycles. The molecule has 1 fully saturated rings. The minimum absolute atomic E-state index is 0.0255. The number of thiophene rings is 1. The molecule has 2 aromatic rings. The Bertz CT molecular complexity index is 766. The minimum Gasteiger partial charge on any atom is -0.207 e. The molecule has 1 aromatic heterocycles. The van der Waals surface area contributed by atoms with Crippen LogP contribution in [0.25, 0.3) is 0 Å². The number of sulfonamides is 1. The van der Waals surface area contributed by atoms with Gasteiger partial charge < -0.3 is 0 Å². The highest BCUT2D eigenvalue weighted by molar-refractivity contribution is 7.89. The minimum atomic E-state index is -3.47. The molecule has 0 N–H and O–H groups in total. The van der Waals surface area contributed by atoms with E-state index in [9.17, 15) is 8.42 Å². The van der Waals surface area contributed by atoms with Crippen molar-refractivity contribution in [2.75, 3.05) is 6.54 Å². The lowest BCUT2D eigenvalue weighted by Gasteiger charge is -2.29. The summed E-state index contributed by atoms with van der Waals surface area (Å²) in [7, 11) is -3.47. The van der Waals surface area contributed by atoms with Crippen LogP contribution in [-0.2, 0) is 10.0 Å². The lowest BCUT2D eigenvalue weighted by atomic mass is 10.1. The van der Waals surface area contributed by atoms with Gasteiger partial charge in [-0.25, -0.2) is 8.42 Å². The third kappa shape index (κ3) is 3.37.